The highest BCUT2D eigenvalue weighted by atomic mass is 16.7. The van der Waals surface area contributed by atoms with E-state index in [-0.39, 0.29) is 5.01 Å². The van der Waals surface area contributed by atoms with E-state index in [1.165, 1.54) is 0 Å². The lowest BCUT2D eigenvalue weighted by Crippen LogP contribution is -2.59. The summed E-state index contributed by atoms with van der Waals surface area (Å²) in [5.74, 6) is -5.65. The third-order valence-corrected chi connectivity index (χ3v) is 1.71. The van der Waals surface area contributed by atoms with Crippen LogP contribution in [0.1, 0.15) is 0 Å². The molecule has 18 heavy (non-hydrogen) atoms. The van der Waals surface area contributed by atoms with Crippen LogP contribution < -0.4 is 0 Å². The minimum Gasteiger partial charge on any atom is -0.480 e. The summed E-state index contributed by atoms with van der Waals surface area (Å²) in [5.41, 5.74) is 0. The van der Waals surface area contributed by atoms with Crippen molar-refractivity contribution in [1.29, 1.82) is 0 Å². The number of aliphatic carboxylic acids is 1. The number of carboxylic acids is 1. The summed E-state index contributed by atoms with van der Waals surface area (Å²) in [6.07, 6.45) is 0. The van der Waals surface area contributed by atoms with Crippen molar-refractivity contribution in [3.63, 3.8) is 0 Å². The van der Waals surface area contributed by atoms with Gasteiger partial charge in [-0.3, -0.25) is 35.1 Å². The Bertz CT molecular complexity index is 370. The lowest BCUT2D eigenvalue weighted by molar-refractivity contribution is -0.968. The molecule has 0 atom stereocenters. The molecule has 0 aromatic carbocycles. The summed E-state index contributed by atoms with van der Waals surface area (Å²) in [5, 5.41) is 41.4. The number of carbonyl (C=O) groups is 1. The highest BCUT2D eigenvalue weighted by Crippen LogP contribution is 2.14. The quantitative estimate of drug-likeness (QED) is 0.234. The molecule has 0 aliphatic carbocycles. The summed E-state index contributed by atoms with van der Waals surface area (Å²) in [4.78, 5) is 46.2. The molecule has 14 heteroatoms. The Hall–Kier alpha value is -2.93. The van der Waals surface area contributed by atoms with E-state index in [1.807, 2.05) is 5.29 Å². The van der Waals surface area contributed by atoms with E-state index < -0.39 is 39.6 Å². The van der Waals surface area contributed by atoms with Crippen LogP contribution in [0.15, 0.2) is 5.29 Å². The van der Waals surface area contributed by atoms with Crippen molar-refractivity contribution in [2.75, 3.05) is 13.1 Å². The molecular weight excluding hydrogens is 262 g/mol. The van der Waals surface area contributed by atoms with Gasteiger partial charge in [0.1, 0.15) is 6.54 Å². The monoisotopic (exact) mass is 267 g/mol. The van der Waals surface area contributed by atoms with Gasteiger partial charge in [-0.05, 0) is 0 Å². The first kappa shape index (κ1) is 15.1. The molecule has 0 aliphatic heterocycles. The number of nitrogens with zero attached hydrogens (tertiary/aromatic N) is 5. The van der Waals surface area contributed by atoms with Gasteiger partial charge in [0.25, 0.3) is 6.54 Å². The lowest BCUT2D eigenvalue weighted by atomic mass is 10.3. The van der Waals surface area contributed by atoms with Crippen LogP contribution in [0.2, 0.25) is 0 Å². The highest BCUT2D eigenvalue weighted by Gasteiger charge is 2.71. The number of hydrogen-bond donors (Lipinski definition) is 1. The summed E-state index contributed by atoms with van der Waals surface area (Å²) in [7, 11) is 0. The fraction of sp³-hybridized carbons (Fsp3) is 0.750. The Kier molecular flexibility index (Phi) is 4.53. The lowest BCUT2D eigenvalue weighted by Gasteiger charge is -2.14. The standard InChI is InChI=1S/C4H5N5O9/c10-3(11)1-6(5-12)2-4(7(13)14,8(15)16)9(17)18/h1-2H2,(H,10,11). The zero-order valence-corrected chi connectivity index (χ0v) is 8.36. The topological polar surface area (TPSA) is 199 Å². The van der Waals surface area contributed by atoms with Crippen molar-refractivity contribution < 1.29 is 24.7 Å². The Morgan fingerprint density at radius 3 is 1.78 bits per heavy atom. The van der Waals surface area contributed by atoms with Gasteiger partial charge in [0.05, 0.1) is 5.29 Å². The maximum absolute atomic E-state index is 10.4. The molecule has 0 heterocycles. The Labute approximate surface area is 96.2 Å². The number of rotatable bonds is 8. The molecule has 0 radical (unpaired) electrons. The molecule has 0 spiro atoms. The average Bonchev–Trinajstić information content (AvgIpc) is 2.21. The van der Waals surface area contributed by atoms with Gasteiger partial charge in [-0.1, -0.05) is 0 Å². The third-order valence-electron chi connectivity index (χ3n) is 1.71. The van der Waals surface area contributed by atoms with Gasteiger partial charge in [-0.2, -0.15) is 0 Å². The number of hydrogen-bond acceptors (Lipinski definition) is 9. The third kappa shape index (κ3) is 2.80. The van der Waals surface area contributed by atoms with E-state index in [2.05, 4.69) is 0 Å². The fourth-order valence-corrected chi connectivity index (χ4v) is 0.888. The van der Waals surface area contributed by atoms with Gasteiger partial charge >= 0.3 is 11.8 Å². The largest absolute Gasteiger partial charge is 0.719 e. The second-order valence-electron chi connectivity index (χ2n) is 2.84. The van der Waals surface area contributed by atoms with Gasteiger partial charge in [0.15, 0.2) is 14.8 Å². The molecule has 1 N–H and O–H groups in total. The van der Waals surface area contributed by atoms with Gasteiger partial charge < -0.3 is 5.11 Å². The predicted molar refractivity (Wildman–Crippen MR) is 48.7 cm³/mol. The van der Waals surface area contributed by atoms with Crippen molar-refractivity contribution in [1.82, 2.24) is 5.01 Å². The van der Waals surface area contributed by atoms with Crippen LogP contribution in [0, 0.1) is 35.3 Å². The first-order chi connectivity index (χ1) is 8.18. The van der Waals surface area contributed by atoms with Crippen molar-refractivity contribution >= 4 is 5.97 Å². The second kappa shape index (κ2) is 5.41. The molecule has 0 fully saturated rings. The Balaban J connectivity index is 5.40. The Morgan fingerprint density at radius 1 is 1.17 bits per heavy atom. The molecule has 0 saturated carbocycles. The number of nitro groups is 3. The van der Waals surface area contributed by atoms with Crippen LogP contribution >= 0.6 is 0 Å². The SMILES string of the molecule is O=NN(CC(=O)O)CC([N+](=O)[O-])([N+](=O)[O-])[N+](=O)[O-]. The van der Waals surface area contributed by atoms with E-state index in [1.54, 1.807) is 0 Å². The summed E-state index contributed by atoms with van der Waals surface area (Å²) in [6.45, 7) is -2.96. The van der Waals surface area contributed by atoms with E-state index in [0.717, 1.165) is 0 Å². The van der Waals surface area contributed by atoms with Crippen molar-refractivity contribution in [2.24, 2.45) is 5.29 Å². The summed E-state index contributed by atoms with van der Waals surface area (Å²) in [6, 6.07) is 0. The number of carboxylic acid groups (broad SMARTS) is 1. The highest BCUT2D eigenvalue weighted by molar-refractivity contribution is 5.68. The van der Waals surface area contributed by atoms with Crippen LogP contribution in [0.3, 0.4) is 0 Å². The Morgan fingerprint density at radius 2 is 1.56 bits per heavy atom. The molecule has 14 nitrogen and oxygen atoms in total. The molecule has 0 rings (SSSR count). The molecule has 0 aromatic heterocycles. The summed E-state index contributed by atoms with van der Waals surface area (Å²) >= 11 is 0. The van der Waals surface area contributed by atoms with Gasteiger partial charge in [0.2, 0.25) is 0 Å². The predicted octanol–water partition coefficient (Wildman–Crippen LogP) is -1.46. The molecule has 0 saturated heterocycles. The molecular formula is C4H5N5O9. The minimum atomic E-state index is -3.96. The van der Waals surface area contributed by atoms with Crippen LogP contribution in [0.5, 0.6) is 0 Å². The molecule has 0 amide bonds. The van der Waals surface area contributed by atoms with Crippen LogP contribution in [0.4, 0.5) is 0 Å². The van der Waals surface area contributed by atoms with Gasteiger partial charge in [0, 0.05) is 0 Å². The average molecular weight is 267 g/mol. The summed E-state index contributed by atoms with van der Waals surface area (Å²) < 4.78 is 0. The van der Waals surface area contributed by atoms with Crippen molar-refractivity contribution in [3.05, 3.63) is 35.3 Å². The fourth-order valence-electron chi connectivity index (χ4n) is 0.888. The normalized spacial score (nSPS) is 10.4. The first-order valence-corrected chi connectivity index (χ1v) is 3.92. The second-order valence-corrected chi connectivity index (χ2v) is 2.84. The van der Waals surface area contributed by atoms with Crippen molar-refractivity contribution in [3.8, 4) is 0 Å². The van der Waals surface area contributed by atoms with E-state index in [4.69, 9.17) is 5.11 Å². The molecule has 0 bridgehead atoms. The van der Waals surface area contributed by atoms with Crippen LogP contribution in [-0.4, -0.2) is 49.7 Å². The maximum Gasteiger partial charge on any atom is 0.719 e. The zero-order valence-electron chi connectivity index (χ0n) is 8.36. The maximum atomic E-state index is 10.4. The van der Waals surface area contributed by atoms with E-state index in [9.17, 15) is 40.0 Å². The molecule has 0 aliphatic rings. The van der Waals surface area contributed by atoms with E-state index >= 15 is 0 Å². The minimum absolute atomic E-state index is 0.198. The van der Waals surface area contributed by atoms with Crippen molar-refractivity contribution in [2.45, 2.75) is 5.79 Å². The van der Waals surface area contributed by atoms with E-state index in [0.29, 0.717) is 0 Å². The van der Waals surface area contributed by atoms with Crippen LogP contribution in [-0.2, 0) is 4.79 Å². The molecule has 0 aromatic rings. The molecule has 100 valence electrons. The van der Waals surface area contributed by atoms with Crippen LogP contribution in [0.25, 0.3) is 0 Å². The zero-order chi connectivity index (χ0) is 14.5. The van der Waals surface area contributed by atoms with Gasteiger partial charge in [-0.15, -0.1) is 4.91 Å². The number of nitroso groups, excluding NO2 is 1. The first-order valence-electron chi connectivity index (χ1n) is 3.92. The molecule has 0 unspecified atom stereocenters. The smallest absolute Gasteiger partial charge is 0.480 e. The van der Waals surface area contributed by atoms with Gasteiger partial charge in [-0.25, -0.2) is 5.01 Å².